The number of hydrogen-bond acceptors (Lipinski definition) is 3. The molecule has 144 valence electrons. The van der Waals surface area contributed by atoms with Gasteiger partial charge in [0.1, 0.15) is 5.82 Å². The van der Waals surface area contributed by atoms with Crippen LogP contribution in [0.1, 0.15) is 41.1 Å². The molecule has 1 aromatic heterocycles. The van der Waals surface area contributed by atoms with E-state index in [0.717, 1.165) is 17.8 Å². The second kappa shape index (κ2) is 7.54. The first-order valence-electron chi connectivity index (χ1n) is 8.76. The fourth-order valence-electron chi connectivity index (χ4n) is 3.31. The minimum Gasteiger partial charge on any atom is -0.352 e. The summed E-state index contributed by atoms with van der Waals surface area (Å²) < 4.78 is 37.7. The third kappa shape index (κ3) is 4.56. The van der Waals surface area contributed by atoms with Crippen LogP contribution in [0, 0.1) is 12.8 Å². The van der Waals surface area contributed by atoms with Crippen molar-refractivity contribution in [1.29, 1.82) is 0 Å². The molecule has 5 nitrogen and oxygen atoms in total. The lowest BCUT2D eigenvalue weighted by atomic mass is 9.98. The maximum absolute atomic E-state index is 12.6. The average Bonchev–Trinajstić information content (AvgIpc) is 2.82. The Labute approximate surface area is 154 Å². The Hall–Kier alpha value is -2.64. The Kier molecular flexibility index (Phi) is 5.34. The molecule has 0 fully saturated rings. The van der Waals surface area contributed by atoms with E-state index in [2.05, 4.69) is 15.3 Å². The minimum atomic E-state index is -4.37. The normalized spacial score (nSPS) is 17.1. The molecule has 0 radical (unpaired) electrons. The lowest BCUT2D eigenvalue weighted by molar-refractivity contribution is -0.137. The number of benzene rings is 1. The fraction of sp³-hybridized carbons (Fsp3) is 0.421. The summed E-state index contributed by atoms with van der Waals surface area (Å²) in [4.78, 5) is 31.6. The molecule has 1 amide bonds. The topological polar surface area (TPSA) is 74.8 Å². The average molecular weight is 379 g/mol. The van der Waals surface area contributed by atoms with Gasteiger partial charge < -0.3 is 10.3 Å². The molecule has 27 heavy (non-hydrogen) atoms. The van der Waals surface area contributed by atoms with Gasteiger partial charge in [-0.25, -0.2) is 4.98 Å². The van der Waals surface area contributed by atoms with E-state index < -0.39 is 11.7 Å². The zero-order valence-electron chi connectivity index (χ0n) is 14.8. The van der Waals surface area contributed by atoms with Gasteiger partial charge in [0, 0.05) is 18.0 Å². The summed E-state index contributed by atoms with van der Waals surface area (Å²) in [5.41, 5.74) is 1.12. The lowest BCUT2D eigenvalue weighted by Crippen LogP contribution is -2.30. The van der Waals surface area contributed by atoms with Crippen LogP contribution in [0.25, 0.3) is 0 Å². The van der Waals surface area contributed by atoms with Crippen LogP contribution in [-0.2, 0) is 30.4 Å². The quantitative estimate of drug-likeness (QED) is 0.806. The first-order valence-corrected chi connectivity index (χ1v) is 8.76. The Morgan fingerprint density at radius 3 is 2.56 bits per heavy atom. The molecule has 1 unspecified atom stereocenters. The summed E-state index contributed by atoms with van der Waals surface area (Å²) >= 11 is 0. The van der Waals surface area contributed by atoms with Crippen LogP contribution in [0.15, 0.2) is 29.1 Å². The number of carbonyl (C=O) groups is 1. The molecular weight excluding hydrogens is 359 g/mol. The van der Waals surface area contributed by atoms with Crippen LogP contribution in [0.5, 0.6) is 0 Å². The second-order valence-corrected chi connectivity index (χ2v) is 6.76. The number of nitrogens with one attached hydrogen (secondary N) is 2. The van der Waals surface area contributed by atoms with Crippen LogP contribution in [0.3, 0.4) is 0 Å². The first-order chi connectivity index (χ1) is 12.7. The van der Waals surface area contributed by atoms with Crippen LogP contribution in [-0.4, -0.2) is 15.9 Å². The summed E-state index contributed by atoms with van der Waals surface area (Å²) in [6, 6.07) is 4.73. The Morgan fingerprint density at radius 1 is 1.22 bits per heavy atom. The molecule has 0 saturated carbocycles. The zero-order chi connectivity index (χ0) is 19.6. The van der Waals surface area contributed by atoms with Crippen molar-refractivity contribution in [2.24, 2.45) is 5.92 Å². The predicted molar refractivity (Wildman–Crippen MR) is 93.0 cm³/mol. The number of nitrogens with zero attached hydrogens (tertiary/aromatic N) is 1. The van der Waals surface area contributed by atoms with Gasteiger partial charge in [-0.15, -0.1) is 0 Å². The number of amides is 1. The summed E-state index contributed by atoms with van der Waals surface area (Å²) in [6.45, 7) is 1.89. The molecule has 1 aliphatic rings. The van der Waals surface area contributed by atoms with Gasteiger partial charge in [-0.05, 0) is 50.3 Å². The van der Waals surface area contributed by atoms with Crippen LogP contribution >= 0.6 is 0 Å². The number of fused-ring (bicyclic) bond motifs is 1. The van der Waals surface area contributed by atoms with Crippen molar-refractivity contribution in [3.05, 3.63) is 62.8 Å². The van der Waals surface area contributed by atoms with Crippen molar-refractivity contribution in [2.75, 3.05) is 0 Å². The molecule has 2 aromatic rings. The van der Waals surface area contributed by atoms with Crippen molar-refractivity contribution in [2.45, 2.75) is 45.3 Å². The number of halogens is 3. The lowest BCUT2D eigenvalue weighted by Gasteiger charge is -2.14. The van der Waals surface area contributed by atoms with Crippen LogP contribution < -0.4 is 10.9 Å². The van der Waals surface area contributed by atoms with E-state index in [1.54, 1.807) is 6.92 Å². The SMILES string of the molecule is Cc1nc2c(c(=O)[nH]1)CCC(C(=O)NCc1ccc(C(F)(F)F)cc1)CC2. The molecule has 1 heterocycles. The highest BCUT2D eigenvalue weighted by Crippen LogP contribution is 2.29. The fourth-order valence-corrected chi connectivity index (χ4v) is 3.31. The molecule has 2 N–H and O–H groups in total. The van der Waals surface area contributed by atoms with Gasteiger partial charge in [0.05, 0.1) is 11.3 Å². The van der Waals surface area contributed by atoms with Crippen LogP contribution in [0.4, 0.5) is 13.2 Å². The van der Waals surface area contributed by atoms with Gasteiger partial charge in [0.15, 0.2) is 0 Å². The maximum Gasteiger partial charge on any atom is 0.416 e. The van der Waals surface area contributed by atoms with E-state index in [9.17, 15) is 22.8 Å². The highest BCUT2D eigenvalue weighted by atomic mass is 19.4. The monoisotopic (exact) mass is 379 g/mol. The number of rotatable bonds is 3. The minimum absolute atomic E-state index is 0.150. The van der Waals surface area contributed by atoms with Gasteiger partial charge in [0.25, 0.3) is 5.56 Å². The highest BCUT2D eigenvalue weighted by molar-refractivity contribution is 5.78. The molecule has 1 aromatic carbocycles. The molecule has 3 rings (SSSR count). The number of H-pyrrole nitrogens is 1. The van der Waals surface area contributed by atoms with E-state index >= 15 is 0 Å². The smallest absolute Gasteiger partial charge is 0.352 e. The predicted octanol–water partition coefficient (Wildman–Crippen LogP) is 2.91. The summed E-state index contributed by atoms with van der Waals surface area (Å²) in [5.74, 6) is 0.146. The van der Waals surface area contributed by atoms with Crippen molar-refractivity contribution < 1.29 is 18.0 Å². The van der Waals surface area contributed by atoms with Crippen molar-refractivity contribution in [3.8, 4) is 0 Å². The van der Waals surface area contributed by atoms with E-state index in [0.29, 0.717) is 42.6 Å². The van der Waals surface area contributed by atoms with Crippen molar-refractivity contribution in [1.82, 2.24) is 15.3 Å². The van der Waals surface area contributed by atoms with E-state index in [1.165, 1.54) is 12.1 Å². The molecule has 0 saturated heterocycles. The largest absolute Gasteiger partial charge is 0.416 e. The zero-order valence-corrected chi connectivity index (χ0v) is 14.8. The van der Waals surface area contributed by atoms with Crippen molar-refractivity contribution in [3.63, 3.8) is 0 Å². The molecule has 1 aliphatic carbocycles. The van der Waals surface area contributed by atoms with Gasteiger partial charge in [-0.1, -0.05) is 12.1 Å². The first kappa shape index (κ1) is 19.1. The Bertz CT molecular complexity index is 889. The van der Waals surface area contributed by atoms with Gasteiger partial charge in [0.2, 0.25) is 5.91 Å². The Balaban J connectivity index is 1.59. The third-order valence-electron chi connectivity index (χ3n) is 4.81. The number of alkyl halides is 3. The standard InChI is InChI=1S/C19H20F3N3O2/c1-11-24-16-9-5-13(4-8-15(16)18(27)25-11)17(26)23-10-12-2-6-14(7-3-12)19(20,21)22/h2-3,6-7,13H,4-5,8-10H2,1H3,(H,23,26)(H,24,25,27). The molecule has 0 spiro atoms. The third-order valence-corrected chi connectivity index (χ3v) is 4.81. The van der Waals surface area contributed by atoms with Gasteiger partial charge >= 0.3 is 6.18 Å². The number of aromatic nitrogens is 2. The number of carbonyl (C=O) groups excluding carboxylic acids is 1. The Morgan fingerprint density at radius 2 is 1.89 bits per heavy atom. The molecule has 0 bridgehead atoms. The molecular formula is C19H20F3N3O2. The van der Waals surface area contributed by atoms with E-state index in [4.69, 9.17) is 0 Å². The second-order valence-electron chi connectivity index (χ2n) is 6.76. The summed E-state index contributed by atoms with van der Waals surface area (Å²) in [7, 11) is 0. The molecule has 0 aliphatic heterocycles. The van der Waals surface area contributed by atoms with Crippen molar-refractivity contribution >= 4 is 5.91 Å². The van der Waals surface area contributed by atoms with Crippen LogP contribution in [0.2, 0.25) is 0 Å². The maximum atomic E-state index is 12.6. The molecule has 8 heteroatoms. The van der Waals surface area contributed by atoms with Gasteiger partial charge in [-0.2, -0.15) is 13.2 Å². The van der Waals surface area contributed by atoms with E-state index in [-0.39, 0.29) is 23.9 Å². The highest BCUT2D eigenvalue weighted by Gasteiger charge is 2.30. The number of aryl methyl sites for hydroxylation is 2. The van der Waals surface area contributed by atoms with E-state index in [1.807, 2.05) is 0 Å². The summed E-state index contributed by atoms with van der Waals surface area (Å²) in [5, 5.41) is 2.78. The van der Waals surface area contributed by atoms with Gasteiger partial charge in [-0.3, -0.25) is 9.59 Å². The number of aromatic amines is 1. The number of hydrogen-bond donors (Lipinski definition) is 2. The summed E-state index contributed by atoms with van der Waals surface area (Å²) in [6.07, 6.45) is -2.21. The molecule has 1 atom stereocenters.